The Bertz CT molecular complexity index is 1500. The van der Waals surface area contributed by atoms with Crippen molar-refractivity contribution in [3.63, 3.8) is 0 Å². The summed E-state index contributed by atoms with van der Waals surface area (Å²) in [6.07, 6.45) is -2.85. The Labute approximate surface area is 251 Å². The van der Waals surface area contributed by atoms with Gasteiger partial charge in [-0.1, -0.05) is 109 Å². The fourth-order valence-corrected chi connectivity index (χ4v) is 7.09. The Morgan fingerprint density at radius 2 is 1.33 bits per heavy atom. The molecule has 4 atom stereocenters. The Hall–Kier alpha value is -3.49. The molecular weight excluding hydrogens is 570 g/mol. The average molecular weight is 602 g/mol. The fraction of sp³-hybridized carbons (Fsp3) is 0.242. The second kappa shape index (κ2) is 13.2. The number of ether oxygens (including phenoxy) is 3. The summed E-state index contributed by atoms with van der Waals surface area (Å²) < 4.78 is 50.8. The lowest BCUT2D eigenvalue weighted by Crippen LogP contribution is -2.39. The number of benzene rings is 4. The Kier molecular flexibility index (Phi) is 9.43. The molecule has 42 heavy (non-hydrogen) atoms. The van der Waals surface area contributed by atoms with E-state index < -0.39 is 39.5 Å². The van der Waals surface area contributed by atoms with Gasteiger partial charge in [0, 0.05) is 7.11 Å². The van der Waals surface area contributed by atoms with Crippen LogP contribution in [0.1, 0.15) is 22.3 Å². The van der Waals surface area contributed by atoms with Crippen LogP contribution < -0.4 is 0 Å². The van der Waals surface area contributed by atoms with E-state index in [1.807, 2.05) is 97.9 Å². The van der Waals surface area contributed by atoms with E-state index in [1.165, 1.54) is 19.2 Å². The molecule has 0 spiro atoms. The van der Waals surface area contributed by atoms with E-state index in [1.54, 1.807) is 12.1 Å². The number of nitrogens with zero attached hydrogens (tertiary/aromatic N) is 1. The molecule has 1 aliphatic heterocycles. The predicted molar refractivity (Wildman–Crippen MR) is 161 cm³/mol. The summed E-state index contributed by atoms with van der Waals surface area (Å²) in [5.41, 5.74) is 2.61. The maximum atomic E-state index is 13.2. The minimum absolute atomic E-state index is 0.0135. The molecule has 9 heteroatoms. The van der Waals surface area contributed by atoms with Crippen LogP contribution in [0.25, 0.3) is 0 Å². The molecule has 4 unspecified atom stereocenters. The van der Waals surface area contributed by atoms with Gasteiger partial charge in [0.1, 0.15) is 17.1 Å². The van der Waals surface area contributed by atoms with Gasteiger partial charge < -0.3 is 14.2 Å². The highest BCUT2D eigenvalue weighted by Gasteiger charge is 2.50. The van der Waals surface area contributed by atoms with Crippen LogP contribution in [0, 0.1) is 17.6 Å². The van der Waals surface area contributed by atoms with E-state index in [4.69, 9.17) is 18.4 Å². The number of thioether (sulfide) groups is 1. The largest absolute Gasteiger partial charge is 0.358 e. The first kappa shape index (κ1) is 30.0. The van der Waals surface area contributed by atoms with Gasteiger partial charge in [0.25, 0.3) is 10.1 Å². The molecule has 1 aliphatic rings. The molecule has 0 aromatic heterocycles. The summed E-state index contributed by atoms with van der Waals surface area (Å²) in [6.45, 7) is 1.88. The number of hydrogen-bond acceptors (Lipinski definition) is 8. The van der Waals surface area contributed by atoms with Gasteiger partial charge in [-0.2, -0.15) is 13.7 Å². The number of methoxy groups -OCH3 is 1. The first-order valence-electron chi connectivity index (χ1n) is 13.4. The molecule has 1 fully saturated rings. The van der Waals surface area contributed by atoms with Crippen LogP contribution in [0.5, 0.6) is 0 Å². The Morgan fingerprint density at radius 3 is 1.79 bits per heavy atom. The molecule has 4 aromatic rings. The number of nitriles is 1. The SMILES string of the molecule is COC1OC(COC(c2ccccc2)(c2ccccc2)c2ccccc2)C(SC#N)C1OS(=O)(=O)c1ccc(C)cc1. The van der Waals surface area contributed by atoms with E-state index in [2.05, 4.69) is 5.40 Å². The van der Waals surface area contributed by atoms with E-state index in [0.717, 1.165) is 34.0 Å². The van der Waals surface area contributed by atoms with E-state index in [0.29, 0.717) is 0 Å². The fourth-order valence-electron chi connectivity index (χ4n) is 5.20. The van der Waals surface area contributed by atoms with E-state index >= 15 is 0 Å². The summed E-state index contributed by atoms with van der Waals surface area (Å²) in [5, 5.41) is 11.1. The van der Waals surface area contributed by atoms with Gasteiger partial charge in [-0.05, 0) is 47.5 Å². The molecule has 1 saturated heterocycles. The zero-order valence-electron chi connectivity index (χ0n) is 23.2. The topological polar surface area (TPSA) is 94.8 Å². The summed E-state index contributed by atoms with van der Waals surface area (Å²) in [7, 11) is -2.76. The van der Waals surface area contributed by atoms with Crippen LogP contribution in [-0.2, 0) is 34.1 Å². The van der Waals surface area contributed by atoms with Crippen LogP contribution in [-0.4, -0.2) is 45.9 Å². The molecule has 1 heterocycles. The maximum absolute atomic E-state index is 13.2. The quantitative estimate of drug-likeness (QED) is 0.117. The summed E-state index contributed by atoms with van der Waals surface area (Å²) in [5.74, 6) is 0. The third kappa shape index (κ3) is 6.15. The Morgan fingerprint density at radius 1 is 0.833 bits per heavy atom. The Balaban J connectivity index is 1.50. The van der Waals surface area contributed by atoms with E-state index in [9.17, 15) is 13.7 Å². The molecule has 0 N–H and O–H groups in total. The third-order valence-corrected chi connectivity index (χ3v) is 9.52. The van der Waals surface area contributed by atoms with Crippen molar-refractivity contribution in [3.8, 4) is 5.40 Å². The van der Waals surface area contributed by atoms with Crippen molar-refractivity contribution in [2.45, 2.75) is 41.2 Å². The third-order valence-electron chi connectivity index (χ3n) is 7.24. The number of rotatable bonds is 11. The van der Waals surface area contributed by atoms with Gasteiger partial charge in [0.05, 0.1) is 22.9 Å². The van der Waals surface area contributed by atoms with Crippen molar-refractivity contribution < 1.29 is 26.8 Å². The van der Waals surface area contributed by atoms with Gasteiger partial charge in [-0.3, -0.25) is 4.18 Å². The predicted octanol–water partition coefficient (Wildman–Crippen LogP) is 6.03. The lowest BCUT2D eigenvalue weighted by atomic mass is 9.80. The van der Waals surface area contributed by atoms with E-state index in [-0.39, 0.29) is 11.5 Å². The highest BCUT2D eigenvalue weighted by Crippen LogP contribution is 2.42. The summed E-state index contributed by atoms with van der Waals surface area (Å²) in [4.78, 5) is 0.0135. The molecule has 0 radical (unpaired) electrons. The minimum atomic E-state index is -4.17. The maximum Gasteiger partial charge on any atom is 0.297 e. The standard InChI is InChI=1S/C33H31NO6S2/c1-24-18-20-28(21-19-24)42(35,36)40-30-31(41-23-34)29(39-32(30)37-2)22-38-33(25-12-6-3-7-13-25,26-14-8-4-9-15-26)27-16-10-5-11-17-27/h3-21,29-32H,22H2,1-2H3. The highest BCUT2D eigenvalue weighted by molar-refractivity contribution is 8.04. The van der Waals surface area contributed by atoms with Crippen molar-refractivity contribution >= 4 is 21.9 Å². The first-order chi connectivity index (χ1) is 20.4. The van der Waals surface area contributed by atoms with Crippen molar-refractivity contribution in [1.29, 1.82) is 5.26 Å². The monoisotopic (exact) mass is 601 g/mol. The average Bonchev–Trinajstić information content (AvgIpc) is 3.34. The number of hydrogen-bond donors (Lipinski definition) is 0. The number of aryl methyl sites for hydroxylation is 1. The van der Waals surface area contributed by atoms with Gasteiger partial charge in [0.2, 0.25) is 0 Å². The van der Waals surface area contributed by atoms with Crippen LogP contribution in [0.15, 0.2) is 120 Å². The normalized spacial score (nSPS) is 20.7. The molecule has 4 aromatic carbocycles. The van der Waals surface area contributed by atoms with Crippen molar-refractivity contribution in [2.75, 3.05) is 13.7 Å². The molecule has 0 saturated carbocycles. The molecule has 5 rings (SSSR count). The molecule has 0 amide bonds. The van der Waals surface area contributed by atoms with Gasteiger partial charge in [0.15, 0.2) is 6.29 Å². The van der Waals surface area contributed by atoms with Gasteiger partial charge >= 0.3 is 0 Å². The van der Waals surface area contributed by atoms with Crippen LogP contribution in [0.4, 0.5) is 0 Å². The van der Waals surface area contributed by atoms with Crippen LogP contribution >= 0.6 is 11.8 Å². The molecule has 216 valence electrons. The van der Waals surface area contributed by atoms with Crippen molar-refractivity contribution in [1.82, 2.24) is 0 Å². The lowest BCUT2D eigenvalue weighted by Gasteiger charge is -2.37. The van der Waals surface area contributed by atoms with Crippen LogP contribution in [0.2, 0.25) is 0 Å². The second-order valence-corrected chi connectivity index (χ2v) is 12.4. The first-order valence-corrected chi connectivity index (χ1v) is 15.7. The lowest BCUT2D eigenvalue weighted by molar-refractivity contribution is -0.157. The van der Waals surface area contributed by atoms with Crippen molar-refractivity contribution in [2.24, 2.45) is 0 Å². The van der Waals surface area contributed by atoms with Crippen molar-refractivity contribution in [3.05, 3.63) is 138 Å². The summed E-state index contributed by atoms with van der Waals surface area (Å²) in [6, 6.07) is 36.0. The van der Waals surface area contributed by atoms with Crippen LogP contribution in [0.3, 0.4) is 0 Å². The smallest absolute Gasteiger partial charge is 0.297 e. The molecule has 7 nitrogen and oxygen atoms in total. The zero-order chi connectivity index (χ0) is 29.6. The molecular formula is C33H31NO6S2. The highest BCUT2D eigenvalue weighted by atomic mass is 32.2. The number of thiocyanates is 1. The zero-order valence-corrected chi connectivity index (χ0v) is 24.8. The molecule has 0 aliphatic carbocycles. The summed E-state index contributed by atoms with van der Waals surface area (Å²) >= 11 is 0.882. The minimum Gasteiger partial charge on any atom is -0.358 e. The molecule has 0 bridgehead atoms. The van der Waals surface area contributed by atoms with Gasteiger partial charge in [-0.25, -0.2) is 0 Å². The second-order valence-electron chi connectivity index (χ2n) is 9.87. The van der Waals surface area contributed by atoms with Gasteiger partial charge in [-0.15, -0.1) is 0 Å².